The number of fused-ring (bicyclic) bond motifs is 1. The van der Waals surface area contributed by atoms with Gasteiger partial charge in [-0.25, -0.2) is 5.84 Å². The second kappa shape index (κ2) is 9.43. The lowest BCUT2D eigenvalue weighted by molar-refractivity contribution is -0.152. The summed E-state index contributed by atoms with van der Waals surface area (Å²) in [5, 5.41) is 11.9. The van der Waals surface area contributed by atoms with E-state index < -0.39 is 11.5 Å². The van der Waals surface area contributed by atoms with Crippen molar-refractivity contribution in [2.24, 2.45) is 17.0 Å². The Bertz CT molecular complexity index is 715. The molecule has 0 heterocycles. The number of aliphatic hydroxyl groups excluding tert-OH is 1. The van der Waals surface area contributed by atoms with Crippen molar-refractivity contribution in [3.63, 3.8) is 0 Å². The molecule has 0 radical (unpaired) electrons. The van der Waals surface area contributed by atoms with Crippen molar-refractivity contribution in [3.05, 3.63) is 46.8 Å². The van der Waals surface area contributed by atoms with E-state index in [-0.39, 0.29) is 11.9 Å². The molecule has 156 valence electrons. The van der Waals surface area contributed by atoms with Crippen LogP contribution in [-0.4, -0.2) is 29.7 Å². The van der Waals surface area contributed by atoms with E-state index in [0.29, 0.717) is 13.0 Å². The van der Waals surface area contributed by atoms with E-state index in [0.717, 1.165) is 42.5 Å². The van der Waals surface area contributed by atoms with Crippen molar-refractivity contribution < 1.29 is 14.6 Å². The molecule has 6 heteroatoms. The van der Waals surface area contributed by atoms with E-state index in [9.17, 15) is 9.90 Å². The molecular weight excluding hydrogens is 354 g/mol. The molecule has 0 fully saturated rings. The van der Waals surface area contributed by atoms with Crippen LogP contribution in [0.3, 0.4) is 0 Å². The number of benzene rings is 1. The summed E-state index contributed by atoms with van der Waals surface area (Å²) in [6.45, 7) is 6.42. The highest BCUT2D eigenvalue weighted by Gasteiger charge is 2.39. The van der Waals surface area contributed by atoms with Crippen molar-refractivity contribution >= 4 is 5.97 Å². The molecule has 0 bridgehead atoms. The Balaban J connectivity index is 2.27. The summed E-state index contributed by atoms with van der Waals surface area (Å²) in [7, 11) is 1.41. The lowest BCUT2D eigenvalue weighted by Crippen LogP contribution is -2.36. The number of carbonyl (C=O) groups excluding carboxylic acids is 1. The maximum Gasteiger partial charge on any atom is 0.311 e. The number of nitrogens with zero attached hydrogens (tertiary/aromatic N) is 1. The van der Waals surface area contributed by atoms with Crippen molar-refractivity contribution in [2.75, 3.05) is 13.7 Å². The second-order valence-electron chi connectivity index (χ2n) is 8.26. The maximum absolute atomic E-state index is 12.5. The van der Waals surface area contributed by atoms with E-state index in [4.69, 9.17) is 16.3 Å². The Hall–Kier alpha value is -2.05. The van der Waals surface area contributed by atoms with E-state index in [1.807, 2.05) is 19.9 Å². The lowest BCUT2D eigenvalue weighted by Gasteiger charge is -2.33. The number of aliphatic hydroxyl groups is 1. The third kappa shape index (κ3) is 5.06. The van der Waals surface area contributed by atoms with Gasteiger partial charge in [-0.2, -0.15) is 0 Å². The number of hydrogen-bond acceptors (Lipinski definition) is 6. The highest BCUT2D eigenvalue weighted by Crippen LogP contribution is 2.42. The zero-order chi connectivity index (χ0) is 20.9. The zero-order valence-electron chi connectivity index (χ0n) is 17.6. The van der Waals surface area contributed by atoms with Crippen LogP contribution in [0.1, 0.15) is 75.2 Å². The van der Waals surface area contributed by atoms with E-state index in [2.05, 4.69) is 19.1 Å². The molecule has 0 saturated carbocycles. The van der Waals surface area contributed by atoms with Gasteiger partial charge in [0.15, 0.2) is 0 Å². The molecule has 0 aliphatic heterocycles. The predicted molar refractivity (Wildman–Crippen MR) is 111 cm³/mol. The SMILES string of the molecule is CCC/C(N)=C/N(N)CCC(c1ccc2c(c1)C(O)CC2)C(C)(C)C(=O)OC. The van der Waals surface area contributed by atoms with E-state index >= 15 is 0 Å². The number of carbonyl (C=O) groups is 1. The van der Waals surface area contributed by atoms with E-state index in [1.165, 1.54) is 12.7 Å². The number of ether oxygens (including phenoxy) is 1. The largest absolute Gasteiger partial charge is 0.469 e. The molecule has 1 aromatic carbocycles. The molecule has 2 rings (SSSR count). The minimum absolute atomic E-state index is 0.107. The summed E-state index contributed by atoms with van der Waals surface area (Å²) < 4.78 is 5.07. The van der Waals surface area contributed by atoms with Crippen LogP contribution in [0.25, 0.3) is 0 Å². The number of aryl methyl sites for hydroxylation is 1. The molecule has 2 atom stereocenters. The number of hydrazine groups is 1. The summed E-state index contributed by atoms with van der Waals surface area (Å²) in [4.78, 5) is 12.5. The van der Waals surface area contributed by atoms with Crippen molar-refractivity contribution in [3.8, 4) is 0 Å². The lowest BCUT2D eigenvalue weighted by atomic mass is 9.72. The van der Waals surface area contributed by atoms with Gasteiger partial charge in [0.2, 0.25) is 0 Å². The van der Waals surface area contributed by atoms with Crippen LogP contribution >= 0.6 is 0 Å². The minimum atomic E-state index is -0.730. The molecule has 6 nitrogen and oxygen atoms in total. The van der Waals surface area contributed by atoms with Gasteiger partial charge in [0.25, 0.3) is 0 Å². The number of rotatable bonds is 9. The van der Waals surface area contributed by atoms with Crippen molar-refractivity contribution in [2.45, 2.75) is 64.9 Å². The predicted octanol–water partition coefficient (Wildman–Crippen LogP) is 3.12. The van der Waals surface area contributed by atoms with Gasteiger partial charge in [0, 0.05) is 24.4 Å². The summed E-state index contributed by atoms with van der Waals surface area (Å²) >= 11 is 0. The Kier molecular flexibility index (Phi) is 7.49. The van der Waals surface area contributed by atoms with Crippen LogP contribution in [0.2, 0.25) is 0 Å². The van der Waals surface area contributed by atoms with Gasteiger partial charge in [0.1, 0.15) is 0 Å². The highest BCUT2D eigenvalue weighted by molar-refractivity contribution is 5.77. The minimum Gasteiger partial charge on any atom is -0.469 e. The highest BCUT2D eigenvalue weighted by atomic mass is 16.5. The average Bonchev–Trinajstić information content (AvgIpc) is 3.01. The van der Waals surface area contributed by atoms with Crippen LogP contribution < -0.4 is 11.6 Å². The Morgan fingerprint density at radius 3 is 2.82 bits per heavy atom. The first-order valence-electron chi connectivity index (χ1n) is 10.1. The monoisotopic (exact) mass is 389 g/mol. The van der Waals surface area contributed by atoms with Gasteiger partial charge in [-0.1, -0.05) is 31.5 Å². The fraction of sp³-hybridized carbons (Fsp3) is 0.591. The van der Waals surface area contributed by atoms with Crippen LogP contribution in [-0.2, 0) is 16.0 Å². The van der Waals surface area contributed by atoms with Gasteiger partial charge in [-0.3, -0.25) is 4.79 Å². The Morgan fingerprint density at radius 2 is 2.18 bits per heavy atom. The number of nitrogens with two attached hydrogens (primary N) is 2. The topological polar surface area (TPSA) is 102 Å². The third-order valence-electron chi connectivity index (χ3n) is 5.75. The molecule has 1 aromatic rings. The van der Waals surface area contributed by atoms with Gasteiger partial charge >= 0.3 is 5.97 Å². The summed E-state index contributed by atoms with van der Waals surface area (Å²) in [5.41, 5.74) is 9.16. The molecule has 0 saturated heterocycles. The van der Waals surface area contributed by atoms with E-state index in [1.54, 1.807) is 11.2 Å². The standard InChI is InChI=1S/C22H35N3O3/c1-5-6-17(23)14-25(24)12-11-19(22(2,3)21(27)28-4)16-8-7-15-9-10-20(26)18(15)13-16/h7-8,13-14,19-20,26H,5-6,9-12,23-24H2,1-4H3/b17-14-. The zero-order valence-corrected chi connectivity index (χ0v) is 17.6. The van der Waals surface area contributed by atoms with Crippen molar-refractivity contribution in [1.82, 2.24) is 5.01 Å². The quantitative estimate of drug-likeness (QED) is 0.341. The Morgan fingerprint density at radius 1 is 1.46 bits per heavy atom. The molecule has 0 aromatic heterocycles. The average molecular weight is 390 g/mol. The molecule has 28 heavy (non-hydrogen) atoms. The molecule has 1 aliphatic rings. The molecule has 0 spiro atoms. The van der Waals surface area contributed by atoms with Crippen LogP contribution in [0.4, 0.5) is 0 Å². The molecule has 1 aliphatic carbocycles. The first-order valence-corrected chi connectivity index (χ1v) is 10.1. The first kappa shape index (κ1) is 22.2. The second-order valence-corrected chi connectivity index (χ2v) is 8.26. The van der Waals surface area contributed by atoms with Crippen LogP contribution in [0.15, 0.2) is 30.1 Å². The first-order chi connectivity index (χ1) is 13.2. The maximum atomic E-state index is 12.5. The van der Waals surface area contributed by atoms with Crippen molar-refractivity contribution in [1.29, 1.82) is 0 Å². The fourth-order valence-electron chi connectivity index (χ4n) is 4.07. The third-order valence-corrected chi connectivity index (χ3v) is 5.75. The van der Waals surface area contributed by atoms with Crippen LogP contribution in [0, 0.1) is 5.41 Å². The summed E-state index contributed by atoms with van der Waals surface area (Å²) in [6, 6.07) is 6.18. The van der Waals surface area contributed by atoms with Gasteiger partial charge in [-0.05, 0) is 56.2 Å². The van der Waals surface area contributed by atoms with Gasteiger partial charge in [-0.15, -0.1) is 0 Å². The summed E-state index contributed by atoms with van der Waals surface area (Å²) in [6.07, 6.45) is 5.39. The molecule has 5 N–H and O–H groups in total. The molecule has 2 unspecified atom stereocenters. The normalized spacial score (nSPS) is 17.9. The number of allylic oxidation sites excluding steroid dienone is 1. The smallest absolute Gasteiger partial charge is 0.311 e. The fourth-order valence-corrected chi connectivity index (χ4v) is 4.07. The Labute approximate surface area is 168 Å². The molecular formula is C22H35N3O3. The number of esters is 1. The summed E-state index contributed by atoms with van der Waals surface area (Å²) in [5.74, 6) is 5.75. The molecule has 0 amide bonds. The van der Waals surface area contributed by atoms with Gasteiger partial charge in [0.05, 0.1) is 18.6 Å². The van der Waals surface area contributed by atoms with Gasteiger partial charge < -0.3 is 20.6 Å². The number of hydrogen-bond donors (Lipinski definition) is 3. The van der Waals surface area contributed by atoms with Crippen LogP contribution in [0.5, 0.6) is 0 Å². The number of methoxy groups -OCH3 is 1.